The van der Waals surface area contributed by atoms with E-state index in [0.717, 1.165) is 42.7 Å². The van der Waals surface area contributed by atoms with Crippen LogP contribution in [0.2, 0.25) is 0 Å². The lowest BCUT2D eigenvalue weighted by Gasteiger charge is -2.36. The van der Waals surface area contributed by atoms with Crippen molar-refractivity contribution < 1.29 is 9.53 Å². The molecule has 0 unspecified atom stereocenters. The smallest absolute Gasteiger partial charge is 0.339 e. The van der Waals surface area contributed by atoms with Crippen LogP contribution in [0.5, 0.6) is 0 Å². The Morgan fingerprint density at radius 2 is 2.12 bits per heavy atom. The largest absolute Gasteiger partial charge is 0.465 e. The second kappa shape index (κ2) is 6.61. The van der Waals surface area contributed by atoms with Gasteiger partial charge in [-0.3, -0.25) is 9.88 Å². The maximum atomic E-state index is 11.5. The first-order valence-corrected chi connectivity index (χ1v) is 9.33. The Morgan fingerprint density at radius 3 is 2.79 bits per heavy atom. The maximum Gasteiger partial charge on any atom is 0.339 e. The highest BCUT2D eigenvalue weighted by atomic mass is 32.1. The molecule has 0 spiro atoms. The van der Waals surface area contributed by atoms with Crippen LogP contribution in [-0.2, 0) is 17.6 Å². The molecule has 2 aliphatic rings. The summed E-state index contributed by atoms with van der Waals surface area (Å²) in [6.45, 7) is 2.27. The molecule has 0 aromatic carbocycles. The SMILES string of the molecule is COC(=O)c1ccc(-c2nc3c(s2)CCN(C2CCC2)CC3)nc1. The van der Waals surface area contributed by atoms with E-state index in [4.69, 9.17) is 9.72 Å². The van der Waals surface area contributed by atoms with E-state index in [1.165, 1.54) is 36.9 Å². The van der Waals surface area contributed by atoms with Crippen LogP contribution in [0.4, 0.5) is 0 Å². The molecule has 4 rings (SSSR count). The number of nitrogens with zero attached hydrogens (tertiary/aromatic N) is 3. The number of carbonyl (C=O) groups is 1. The predicted octanol–water partition coefficient (Wildman–Crippen LogP) is 2.94. The fourth-order valence-electron chi connectivity index (χ4n) is 3.37. The number of methoxy groups -OCH3 is 1. The summed E-state index contributed by atoms with van der Waals surface area (Å²) in [6.07, 6.45) is 7.79. The molecule has 1 fully saturated rings. The summed E-state index contributed by atoms with van der Waals surface area (Å²) in [5.41, 5.74) is 2.53. The Hall–Kier alpha value is -1.79. The first-order chi connectivity index (χ1) is 11.7. The van der Waals surface area contributed by atoms with Crippen molar-refractivity contribution in [3.05, 3.63) is 34.5 Å². The Kier molecular flexibility index (Phi) is 4.33. The molecule has 2 aromatic heterocycles. The van der Waals surface area contributed by atoms with E-state index in [0.29, 0.717) is 5.56 Å². The van der Waals surface area contributed by atoms with E-state index in [9.17, 15) is 4.79 Å². The molecule has 0 saturated heterocycles. The van der Waals surface area contributed by atoms with Crippen LogP contribution in [-0.4, -0.2) is 47.1 Å². The van der Waals surface area contributed by atoms with E-state index in [-0.39, 0.29) is 5.97 Å². The van der Waals surface area contributed by atoms with Crippen LogP contribution < -0.4 is 0 Å². The Bertz CT molecular complexity index is 712. The normalized spacial score (nSPS) is 18.5. The maximum absolute atomic E-state index is 11.5. The monoisotopic (exact) mass is 343 g/mol. The molecule has 2 aromatic rings. The summed E-state index contributed by atoms with van der Waals surface area (Å²) in [5.74, 6) is -0.361. The molecule has 0 bridgehead atoms. The number of esters is 1. The van der Waals surface area contributed by atoms with Crippen LogP contribution >= 0.6 is 11.3 Å². The number of hydrogen-bond donors (Lipinski definition) is 0. The molecule has 5 nitrogen and oxygen atoms in total. The highest BCUT2D eigenvalue weighted by Gasteiger charge is 2.27. The molecule has 126 valence electrons. The summed E-state index contributed by atoms with van der Waals surface area (Å²) in [6, 6.07) is 4.41. The minimum absolute atomic E-state index is 0.361. The summed E-state index contributed by atoms with van der Waals surface area (Å²) in [5, 5.41) is 0.952. The lowest BCUT2D eigenvalue weighted by Crippen LogP contribution is -2.41. The lowest BCUT2D eigenvalue weighted by atomic mass is 9.91. The van der Waals surface area contributed by atoms with Crippen molar-refractivity contribution in [3.8, 4) is 10.7 Å². The van der Waals surface area contributed by atoms with E-state index < -0.39 is 0 Å². The highest BCUT2D eigenvalue weighted by Crippen LogP contribution is 2.32. The molecular formula is C18H21N3O2S. The minimum atomic E-state index is -0.361. The number of fused-ring (bicyclic) bond motifs is 1. The number of ether oxygens (including phenoxy) is 1. The van der Waals surface area contributed by atoms with Crippen molar-refractivity contribution in [1.29, 1.82) is 0 Å². The molecule has 1 aliphatic heterocycles. The number of thiazole rings is 1. The topological polar surface area (TPSA) is 55.3 Å². The van der Waals surface area contributed by atoms with Crippen LogP contribution in [0.3, 0.4) is 0 Å². The van der Waals surface area contributed by atoms with Crippen LogP contribution in [0.1, 0.15) is 40.2 Å². The Labute approximate surface area is 145 Å². The average Bonchev–Trinajstić information content (AvgIpc) is 2.89. The molecule has 3 heterocycles. The van der Waals surface area contributed by atoms with E-state index in [1.54, 1.807) is 23.6 Å². The summed E-state index contributed by atoms with van der Waals surface area (Å²) in [7, 11) is 1.38. The zero-order valence-corrected chi connectivity index (χ0v) is 14.6. The van der Waals surface area contributed by atoms with Crippen LogP contribution in [0.25, 0.3) is 10.7 Å². The lowest BCUT2D eigenvalue weighted by molar-refractivity contribution is 0.0600. The first-order valence-electron chi connectivity index (χ1n) is 8.52. The molecule has 24 heavy (non-hydrogen) atoms. The third-order valence-corrected chi connectivity index (χ3v) is 6.21. The molecule has 0 N–H and O–H groups in total. The first kappa shape index (κ1) is 15.7. The Morgan fingerprint density at radius 1 is 1.29 bits per heavy atom. The van der Waals surface area contributed by atoms with Crippen molar-refractivity contribution in [2.75, 3.05) is 20.2 Å². The van der Waals surface area contributed by atoms with Crippen LogP contribution in [0, 0.1) is 0 Å². The van der Waals surface area contributed by atoms with Gasteiger partial charge in [0.2, 0.25) is 0 Å². The van der Waals surface area contributed by atoms with Gasteiger partial charge in [0.05, 0.1) is 24.1 Å². The van der Waals surface area contributed by atoms with Gasteiger partial charge in [0.1, 0.15) is 5.01 Å². The number of aromatic nitrogens is 2. The number of pyridine rings is 1. The van der Waals surface area contributed by atoms with Gasteiger partial charge in [0.25, 0.3) is 0 Å². The molecule has 1 saturated carbocycles. The fraction of sp³-hybridized carbons (Fsp3) is 0.500. The van der Waals surface area contributed by atoms with Crippen molar-refractivity contribution >= 4 is 17.3 Å². The van der Waals surface area contributed by atoms with Gasteiger partial charge < -0.3 is 4.74 Å². The van der Waals surface area contributed by atoms with Gasteiger partial charge >= 0.3 is 5.97 Å². The zero-order valence-electron chi connectivity index (χ0n) is 13.8. The van der Waals surface area contributed by atoms with Crippen molar-refractivity contribution in [3.63, 3.8) is 0 Å². The molecule has 1 aliphatic carbocycles. The van der Waals surface area contributed by atoms with Crippen molar-refractivity contribution in [1.82, 2.24) is 14.9 Å². The molecular weight excluding hydrogens is 322 g/mol. The standard InChI is InChI=1S/C18H21N3O2S/c1-23-18(22)12-5-6-15(19-11-12)17-20-14-7-9-21(13-3-2-4-13)10-8-16(14)24-17/h5-6,11,13H,2-4,7-10H2,1H3. The zero-order chi connectivity index (χ0) is 16.5. The third kappa shape index (κ3) is 2.96. The molecule has 6 heteroatoms. The highest BCUT2D eigenvalue weighted by molar-refractivity contribution is 7.15. The van der Waals surface area contributed by atoms with Gasteiger partial charge in [-0.2, -0.15) is 0 Å². The molecule has 0 radical (unpaired) electrons. The van der Waals surface area contributed by atoms with E-state index >= 15 is 0 Å². The number of rotatable bonds is 3. The van der Waals surface area contributed by atoms with Crippen molar-refractivity contribution in [2.45, 2.75) is 38.1 Å². The molecule has 0 amide bonds. The third-order valence-electron chi connectivity index (χ3n) is 5.03. The second-order valence-corrected chi connectivity index (χ2v) is 7.52. The number of hydrogen-bond acceptors (Lipinski definition) is 6. The predicted molar refractivity (Wildman–Crippen MR) is 93.3 cm³/mol. The van der Waals surface area contributed by atoms with Gasteiger partial charge in [-0.15, -0.1) is 11.3 Å². The summed E-state index contributed by atoms with van der Waals surface area (Å²) >= 11 is 1.74. The summed E-state index contributed by atoms with van der Waals surface area (Å²) in [4.78, 5) is 24.7. The van der Waals surface area contributed by atoms with Gasteiger partial charge in [-0.1, -0.05) is 6.42 Å². The Balaban J connectivity index is 1.50. The summed E-state index contributed by atoms with van der Waals surface area (Å²) < 4.78 is 4.71. The fourth-order valence-corrected chi connectivity index (χ4v) is 4.44. The van der Waals surface area contributed by atoms with E-state index in [1.807, 2.05) is 6.07 Å². The van der Waals surface area contributed by atoms with Gasteiger partial charge in [0.15, 0.2) is 0 Å². The van der Waals surface area contributed by atoms with Gasteiger partial charge in [-0.05, 0) is 31.4 Å². The van der Waals surface area contributed by atoms with Crippen molar-refractivity contribution in [2.24, 2.45) is 0 Å². The quantitative estimate of drug-likeness (QED) is 0.802. The van der Waals surface area contributed by atoms with Crippen LogP contribution in [0.15, 0.2) is 18.3 Å². The molecule has 0 atom stereocenters. The minimum Gasteiger partial charge on any atom is -0.465 e. The van der Waals surface area contributed by atoms with Gasteiger partial charge in [-0.25, -0.2) is 9.78 Å². The van der Waals surface area contributed by atoms with E-state index in [2.05, 4.69) is 9.88 Å². The number of carbonyl (C=O) groups excluding carboxylic acids is 1. The second-order valence-electron chi connectivity index (χ2n) is 6.43. The average molecular weight is 343 g/mol. The van der Waals surface area contributed by atoms with Gasteiger partial charge in [0, 0.05) is 36.6 Å².